The molecule has 1 aromatic rings. The van der Waals surface area contributed by atoms with Gasteiger partial charge in [0.05, 0.1) is 12.3 Å². The van der Waals surface area contributed by atoms with E-state index in [1.807, 2.05) is 6.92 Å². The minimum absolute atomic E-state index is 0.106. The minimum atomic E-state index is -0.900. The highest BCUT2D eigenvalue weighted by Gasteiger charge is 2.17. The predicted molar refractivity (Wildman–Crippen MR) is 54.2 cm³/mol. The number of pyridine rings is 1. The van der Waals surface area contributed by atoms with Gasteiger partial charge in [0.25, 0.3) is 0 Å². The number of halogens is 2. The fourth-order valence-corrected chi connectivity index (χ4v) is 1.06. The summed E-state index contributed by atoms with van der Waals surface area (Å²) in [6.45, 7) is 2.10. The van der Waals surface area contributed by atoms with Crippen LogP contribution in [-0.2, 0) is 4.74 Å². The molecular formula is C9H10ClFN2O2. The van der Waals surface area contributed by atoms with E-state index in [1.54, 1.807) is 0 Å². The molecule has 0 bridgehead atoms. The molecule has 1 aromatic heterocycles. The maximum absolute atomic E-state index is 13.1. The molecule has 0 saturated heterocycles. The van der Waals surface area contributed by atoms with Crippen molar-refractivity contribution in [3.05, 3.63) is 22.7 Å². The summed E-state index contributed by atoms with van der Waals surface area (Å²) >= 11 is 5.38. The molecule has 0 amide bonds. The molecule has 2 N–H and O–H groups in total. The number of aromatic nitrogens is 1. The summed E-state index contributed by atoms with van der Waals surface area (Å²) in [4.78, 5) is 14.8. The third-order valence-electron chi connectivity index (χ3n) is 1.67. The highest BCUT2D eigenvalue weighted by Crippen LogP contribution is 2.21. The van der Waals surface area contributed by atoms with Crippen molar-refractivity contribution in [2.24, 2.45) is 0 Å². The lowest BCUT2D eigenvalue weighted by Gasteiger charge is -2.06. The number of anilines is 1. The number of carbonyl (C=O) groups excluding carboxylic acids is 1. The summed E-state index contributed by atoms with van der Waals surface area (Å²) < 4.78 is 17.9. The summed E-state index contributed by atoms with van der Waals surface area (Å²) in [6.07, 6.45) is 1.77. The van der Waals surface area contributed by atoms with E-state index in [1.165, 1.54) is 0 Å². The minimum Gasteiger partial charge on any atom is -0.462 e. The molecule has 82 valence electrons. The fraction of sp³-hybridized carbons (Fsp3) is 0.333. The predicted octanol–water partition coefficient (Wildman–Crippen LogP) is 2.02. The second-order valence-electron chi connectivity index (χ2n) is 2.83. The van der Waals surface area contributed by atoms with E-state index in [2.05, 4.69) is 4.98 Å². The molecule has 6 heteroatoms. The Morgan fingerprint density at radius 2 is 2.40 bits per heavy atom. The average molecular weight is 233 g/mol. The van der Waals surface area contributed by atoms with E-state index in [0.717, 1.165) is 6.20 Å². The first kappa shape index (κ1) is 11.7. The van der Waals surface area contributed by atoms with Crippen LogP contribution < -0.4 is 5.73 Å². The Bertz CT molecular complexity index is 385. The van der Waals surface area contributed by atoms with Gasteiger partial charge in [-0.15, -0.1) is 0 Å². The van der Waals surface area contributed by atoms with Crippen LogP contribution >= 0.6 is 11.6 Å². The summed E-state index contributed by atoms with van der Waals surface area (Å²) in [6, 6.07) is 0. The van der Waals surface area contributed by atoms with Crippen molar-refractivity contribution in [1.29, 1.82) is 0 Å². The van der Waals surface area contributed by atoms with Gasteiger partial charge in [-0.05, 0) is 6.42 Å². The number of ether oxygens (including phenoxy) is 1. The highest BCUT2D eigenvalue weighted by atomic mass is 35.5. The lowest BCUT2D eigenvalue weighted by Crippen LogP contribution is -2.11. The third-order valence-corrected chi connectivity index (χ3v) is 1.94. The van der Waals surface area contributed by atoms with Crippen molar-refractivity contribution in [2.45, 2.75) is 13.3 Å². The van der Waals surface area contributed by atoms with Crippen LogP contribution in [-0.4, -0.2) is 17.6 Å². The molecule has 0 saturated carbocycles. The number of carbonyl (C=O) groups is 1. The van der Waals surface area contributed by atoms with E-state index >= 15 is 0 Å². The van der Waals surface area contributed by atoms with Gasteiger partial charge in [0.2, 0.25) is 0 Å². The van der Waals surface area contributed by atoms with Gasteiger partial charge >= 0.3 is 5.97 Å². The molecule has 1 rings (SSSR count). The first-order valence-electron chi connectivity index (χ1n) is 4.34. The number of esters is 1. The molecular weight excluding hydrogens is 223 g/mol. The molecule has 0 aliphatic carbocycles. The van der Waals surface area contributed by atoms with E-state index in [4.69, 9.17) is 22.1 Å². The lowest BCUT2D eigenvalue weighted by molar-refractivity contribution is 0.0505. The van der Waals surface area contributed by atoms with Gasteiger partial charge in [0.15, 0.2) is 11.0 Å². The SMILES string of the molecule is CCCOC(=O)c1cnc(Cl)c(F)c1N. The Labute approximate surface area is 91.2 Å². The Balaban J connectivity index is 2.95. The first-order valence-corrected chi connectivity index (χ1v) is 4.72. The van der Waals surface area contributed by atoms with Crippen molar-refractivity contribution >= 4 is 23.3 Å². The van der Waals surface area contributed by atoms with Crippen LogP contribution in [0.4, 0.5) is 10.1 Å². The van der Waals surface area contributed by atoms with Crippen LogP contribution in [0, 0.1) is 5.82 Å². The largest absolute Gasteiger partial charge is 0.462 e. The number of hydrogen-bond acceptors (Lipinski definition) is 4. The summed E-state index contributed by atoms with van der Waals surface area (Å²) in [5.41, 5.74) is 4.91. The van der Waals surface area contributed by atoms with Crippen LogP contribution in [0.2, 0.25) is 5.15 Å². The number of nitrogens with zero attached hydrogens (tertiary/aromatic N) is 1. The quantitative estimate of drug-likeness (QED) is 0.640. The summed E-state index contributed by atoms with van der Waals surface area (Å²) in [5, 5.41) is -0.362. The van der Waals surface area contributed by atoms with Gasteiger partial charge in [-0.3, -0.25) is 0 Å². The lowest BCUT2D eigenvalue weighted by atomic mass is 10.2. The van der Waals surface area contributed by atoms with E-state index in [0.29, 0.717) is 6.42 Å². The van der Waals surface area contributed by atoms with Crippen molar-refractivity contribution in [3.63, 3.8) is 0 Å². The zero-order chi connectivity index (χ0) is 11.4. The standard InChI is InChI=1S/C9H10ClFN2O2/c1-2-3-15-9(14)5-4-13-8(10)6(11)7(5)12/h4H,2-3H2,1H3,(H2,12,13). The number of rotatable bonds is 3. The van der Waals surface area contributed by atoms with Crippen molar-refractivity contribution in [2.75, 3.05) is 12.3 Å². The number of nitrogens with two attached hydrogens (primary N) is 1. The van der Waals surface area contributed by atoms with Crippen molar-refractivity contribution < 1.29 is 13.9 Å². The van der Waals surface area contributed by atoms with E-state index < -0.39 is 11.8 Å². The Morgan fingerprint density at radius 1 is 1.73 bits per heavy atom. The Kier molecular flexibility index (Phi) is 3.85. The second kappa shape index (κ2) is 4.93. The monoisotopic (exact) mass is 232 g/mol. The van der Waals surface area contributed by atoms with Crippen LogP contribution in [0.25, 0.3) is 0 Å². The second-order valence-corrected chi connectivity index (χ2v) is 3.18. The maximum Gasteiger partial charge on any atom is 0.341 e. The molecule has 4 nitrogen and oxygen atoms in total. The average Bonchev–Trinajstić information content (AvgIpc) is 2.23. The molecule has 0 aliphatic heterocycles. The van der Waals surface area contributed by atoms with Crippen LogP contribution in [0.3, 0.4) is 0 Å². The third kappa shape index (κ3) is 2.56. The molecule has 0 spiro atoms. The fourth-order valence-electron chi connectivity index (χ4n) is 0.912. The molecule has 0 atom stereocenters. The summed E-state index contributed by atoms with van der Waals surface area (Å²) in [7, 11) is 0. The van der Waals surface area contributed by atoms with Gasteiger partial charge < -0.3 is 10.5 Å². The Morgan fingerprint density at radius 3 is 3.00 bits per heavy atom. The zero-order valence-corrected chi connectivity index (χ0v) is 8.84. The smallest absolute Gasteiger partial charge is 0.341 e. The highest BCUT2D eigenvalue weighted by molar-refractivity contribution is 6.30. The van der Waals surface area contributed by atoms with E-state index in [-0.39, 0.29) is 23.0 Å². The molecule has 0 radical (unpaired) electrons. The normalized spacial score (nSPS) is 10.1. The topological polar surface area (TPSA) is 65.2 Å². The molecule has 0 aliphatic rings. The van der Waals surface area contributed by atoms with Crippen molar-refractivity contribution in [1.82, 2.24) is 4.98 Å². The molecule has 0 unspecified atom stereocenters. The van der Waals surface area contributed by atoms with Crippen LogP contribution in [0.15, 0.2) is 6.20 Å². The van der Waals surface area contributed by atoms with Gasteiger partial charge in [0, 0.05) is 6.20 Å². The summed E-state index contributed by atoms with van der Waals surface area (Å²) in [5.74, 6) is -1.60. The Hall–Kier alpha value is -1.36. The first-order chi connectivity index (χ1) is 7.07. The molecule has 0 fully saturated rings. The van der Waals surface area contributed by atoms with Gasteiger partial charge in [-0.1, -0.05) is 18.5 Å². The van der Waals surface area contributed by atoms with Gasteiger partial charge in [-0.2, -0.15) is 0 Å². The van der Waals surface area contributed by atoms with Crippen molar-refractivity contribution in [3.8, 4) is 0 Å². The molecule has 0 aromatic carbocycles. The van der Waals surface area contributed by atoms with Gasteiger partial charge in [0.1, 0.15) is 5.56 Å². The van der Waals surface area contributed by atoms with E-state index in [9.17, 15) is 9.18 Å². The number of nitrogen functional groups attached to an aromatic ring is 1. The zero-order valence-electron chi connectivity index (χ0n) is 8.09. The van der Waals surface area contributed by atoms with Gasteiger partial charge in [-0.25, -0.2) is 14.2 Å². The maximum atomic E-state index is 13.1. The number of hydrogen-bond donors (Lipinski definition) is 1. The molecule has 1 heterocycles. The molecule has 15 heavy (non-hydrogen) atoms. The van der Waals surface area contributed by atoms with Crippen LogP contribution in [0.5, 0.6) is 0 Å². The van der Waals surface area contributed by atoms with Crippen LogP contribution in [0.1, 0.15) is 23.7 Å².